The van der Waals surface area contributed by atoms with Gasteiger partial charge in [-0.25, -0.2) is 0 Å². The summed E-state index contributed by atoms with van der Waals surface area (Å²) in [6.45, 7) is 0.716. The number of benzene rings is 1. The highest BCUT2D eigenvalue weighted by Gasteiger charge is 2.02. The predicted molar refractivity (Wildman–Crippen MR) is 74.1 cm³/mol. The number of nitrogen functional groups attached to an aromatic ring is 1. The van der Waals surface area contributed by atoms with Crippen molar-refractivity contribution in [2.45, 2.75) is 6.54 Å². The molecular formula is C12H13ClN2OS. The van der Waals surface area contributed by atoms with Gasteiger partial charge in [-0.15, -0.1) is 11.3 Å². The van der Waals surface area contributed by atoms with E-state index in [4.69, 9.17) is 22.1 Å². The van der Waals surface area contributed by atoms with E-state index in [0.717, 1.165) is 15.8 Å². The lowest BCUT2D eigenvalue weighted by Crippen LogP contribution is -2.01. The molecule has 1 heterocycles. The van der Waals surface area contributed by atoms with Crippen molar-refractivity contribution >= 4 is 34.3 Å². The molecule has 0 amide bonds. The topological polar surface area (TPSA) is 47.3 Å². The van der Waals surface area contributed by atoms with Gasteiger partial charge in [0.1, 0.15) is 5.75 Å². The summed E-state index contributed by atoms with van der Waals surface area (Å²) in [5.41, 5.74) is 7.47. The van der Waals surface area contributed by atoms with Crippen LogP contribution in [0.1, 0.15) is 4.88 Å². The minimum atomic E-state index is 0.673. The number of hydrogen-bond donors (Lipinski definition) is 2. The van der Waals surface area contributed by atoms with Crippen LogP contribution in [0.15, 0.2) is 30.3 Å². The Morgan fingerprint density at radius 2 is 2.18 bits per heavy atom. The smallest absolute Gasteiger partial charge is 0.121 e. The van der Waals surface area contributed by atoms with Gasteiger partial charge in [-0.2, -0.15) is 0 Å². The van der Waals surface area contributed by atoms with Crippen LogP contribution in [0, 0.1) is 0 Å². The van der Waals surface area contributed by atoms with E-state index in [-0.39, 0.29) is 0 Å². The molecule has 0 aliphatic carbocycles. The van der Waals surface area contributed by atoms with Crippen molar-refractivity contribution in [3.8, 4) is 5.75 Å². The van der Waals surface area contributed by atoms with Crippen LogP contribution in [-0.4, -0.2) is 7.11 Å². The van der Waals surface area contributed by atoms with Crippen LogP contribution in [0.25, 0.3) is 0 Å². The molecule has 2 rings (SSSR count). The van der Waals surface area contributed by atoms with Gasteiger partial charge < -0.3 is 15.8 Å². The molecule has 17 heavy (non-hydrogen) atoms. The standard InChI is InChI=1S/C12H13ClN2OS/c1-16-8-2-4-11(10(14)6-8)15-7-9-3-5-12(13)17-9/h2-6,15H,7,14H2,1H3. The molecule has 1 aromatic heterocycles. The summed E-state index contributed by atoms with van der Waals surface area (Å²) in [6.07, 6.45) is 0. The average molecular weight is 269 g/mol. The zero-order valence-corrected chi connectivity index (χ0v) is 10.9. The van der Waals surface area contributed by atoms with Gasteiger partial charge in [0.15, 0.2) is 0 Å². The Balaban J connectivity index is 2.04. The maximum atomic E-state index is 5.90. The average Bonchev–Trinajstić information content (AvgIpc) is 2.73. The minimum Gasteiger partial charge on any atom is -0.497 e. The lowest BCUT2D eigenvalue weighted by Gasteiger charge is -2.09. The molecule has 0 atom stereocenters. The fourth-order valence-corrected chi connectivity index (χ4v) is 2.49. The van der Waals surface area contributed by atoms with E-state index in [0.29, 0.717) is 12.2 Å². The van der Waals surface area contributed by atoms with E-state index in [2.05, 4.69) is 5.32 Å². The molecule has 0 spiro atoms. The van der Waals surface area contributed by atoms with Crippen LogP contribution in [0.3, 0.4) is 0 Å². The lowest BCUT2D eigenvalue weighted by atomic mass is 10.2. The van der Waals surface area contributed by atoms with Crippen LogP contribution in [0.4, 0.5) is 11.4 Å². The SMILES string of the molecule is COc1ccc(NCc2ccc(Cl)s2)c(N)c1. The van der Waals surface area contributed by atoms with Gasteiger partial charge in [0, 0.05) is 17.5 Å². The Kier molecular flexibility index (Phi) is 3.76. The van der Waals surface area contributed by atoms with E-state index >= 15 is 0 Å². The molecule has 0 bridgehead atoms. The van der Waals surface area contributed by atoms with Gasteiger partial charge >= 0.3 is 0 Å². The van der Waals surface area contributed by atoms with Gasteiger partial charge in [-0.05, 0) is 24.3 Å². The van der Waals surface area contributed by atoms with Crippen LogP contribution < -0.4 is 15.8 Å². The molecule has 3 nitrogen and oxygen atoms in total. The third-order valence-electron chi connectivity index (χ3n) is 2.34. The third kappa shape index (κ3) is 3.05. The van der Waals surface area contributed by atoms with Crippen molar-refractivity contribution < 1.29 is 4.74 Å². The van der Waals surface area contributed by atoms with E-state index in [1.165, 1.54) is 4.88 Å². The Morgan fingerprint density at radius 1 is 1.35 bits per heavy atom. The van der Waals surface area contributed by atoms with Gasteiger partial charge in [-0.1, -0.05) is 11.6 Å². The second-order valence-electron chi connectivity index (χ2n) is 3.51. The zero-order valence-electron chi connectivity index (χ0n) is 9.37. The first-order valence-electron chi connectivity index (χ1n) is 5.10. The molecule has 0 saturated heterocycles. The highest BCUT2D eigenvalue weighted by molar-refractivity contribution is 7.16. The van der Waals surface area contributed by atoms with Crippen molar-refractivity contribution in [3.05, 3.63) is 39.5 Å². The normalized spacial score (nSPS) is 10.2. The number of methoxy groups -OCH3 is 1. The van der Waals surface area contributed by atoms with Gasteiger partial charge in [0.05, 0.1) is 22.8 Å². The Morgan fingerprint density at radius 3 is 2.76 bits per heavy atom. The van der Waals surface area contributed by atoms with E-state index in [1.807, 2.05) is 24.3 Å². The fraction of sp³-hybridized carbons (Fsp3) is 0.167. The number of thiophene rings is 1. The van der Waals surface area contributed by atoms with E-state index in [1.54, 1.807) is 24.5 Å². The Bertz CT molecular complexity index is 513. The van der Waals surface area contributed by atoms with Gasteiger partial charge in [-0.3, -0.25) is 0 Å². The van der Waals surface area contributed by atoms with Crippen LogP contribution in [-0.2, 0) is 6.54 Å². The largest absolute Gasteiger partial charge is 0.497 e. The summed E-state index contributed by atoms with van der Waals surface area (Å²) < 4.78 is 5.89. The molecule has 90 valence electrons. The second-order valence-corrected chi connectivity index (χ2v) is 5.31. The zero-order chi connectivity index (χ0) is 12.3. The molecule has 0 fully saturated rings. The molecule has 5 heteroatoms. The Labute approximate surface area is 109 Å². The van der Waals surface area contributed by atoms with Crippen LogP contribution in [0.2, 0.25) is 4.34 Å². The minimum absolute atomic E-state index is 0.673. The number of nitrogens with one attached hydrogen (secondary N) is 1. The predicted octanol–water partition coefficient (Wildman–Crippen LogP) is 3.60. The third-order valence-corrected chi connectivity index (χ3v) is 3.57. The maximum Gasteiger partial charge on any atom is 0.121 e. The van der Waals surface area contributed by atoms with Gasteiger partial charge in [0.2, 0.25) is 0 Å². The summed E-state index contributed by atoms with van der Waals surface area (Å²) in [7, 11) is 1.62. The first kappa shape index (κ1) is 12.1. The molecule has 0 aliphatic rings. The summed E-state index contributed by atoms with van der Waals surface area (Å²) >= 11 is 7.42. The molecular weight excluding hydrogens is 256 g/mol. The number of rotatable bonds is 4. The highest BCUT2D eigenvalue weighted by Crippen LogP contribution is 2.26. The van der Waals surface area contributed by atoms with Crippen LogP contribution >= 0.6 is 22.9 Å². The maximum absolute atomic E-state index is 5.90. The second kappa shape index (κ2) is 5.29. The summed E-state index contributed by atoms with van der Waals surface area (Å²) in [5.74, 6) is 0.757. The number of ether oxygens (including phenoxy) is 1. The van der Waals surface area contributed by atoms with Crippen LogP contribution in [0.5, 0.6) is 5.75 Å². The van der Waals surface area contributed by atoms with Gasteiger partial charge in [0.25, 0.3) is 0 Å². The molecule has 0 radical (unpaired) electrons. The van der Waals surface area contributed by atoms with Crippen molar-refractivity contribution in [1.29, 1.82) is 0 Å². The molecule has 0 saturated carbocycles. The number of anilines is 2. The van der Waals surface area contributed by atoms with E-state index < -0.39 is 0 Å². The first-order valence-corrected chi connectivity index (χ1v) is 6.30. The monoisotopic (exact) mass is 268 g/mol. The molecule has 3 N–H and O–H groups in total. The quantitative estimate of drug-likeness (QED) is 0.833. The van der Waals surface area contributed by atoms with Crippen molar-refractivity contribution in [3.63, 3.8) is 0 Å². The van der Waals surface area contributed by atoms with Crippen molar-refractivity contribution in [1.82, 2.24) is 0 Å². The molecule has 1 aromatic carbocycles. The highest BCUT2D eigenvalue weighted by atomic mass is 35.5. The molecule has 0 unspecified atom stereocenters. The number of nitrogens with two attached hydrogens (primary N) is 1. The lowest BCUT2D eigenvalue weighted by molar-refractivity contribution is 0.415. The Hall–Kier alpha value is -1.39. The summed E-state index contributed by atoms with van der Waals surface area (Å²) in [4.78, 5) is 1.17. The number of hydrogen-bond acceptors (Lipinski definition) is 4. The molecule has 2 aromatic rings. The number of halogens is 1. The van der Waals surface area contributed by atoms with Crippen molar-refractivity contribution in [2.24, 2.45) is 0 Å². The van der Waals surface area contributed by atoms with Crippen molar-refractivity contribution in [2.75, 3.05) is 18.2 Å². The molecule has 0 aliphatic heterocycles. The fourth-order valence-electron chi connectivity index (χ4n) is 1.46. The first-order chi connectivity index (χ1) is 8.19. The summed E-state index contributed by atoms with van der Waals surface area (Å²) in [6, 6.07) is 9.47. The summed E-state index contributed by atoms with van der Waals surface area (Å²) in [5, 5.41) is 3.27. The van der Waals surface area contributed by atoms with E-state index in [9.17, 15) is 0 Å².